The van der Waals surface area contributed by atoms with Gasteiger partial charge in [-0.25, -0.2) is 13.4 Å². The molecule has 0 unspecified atom stereocenters. The number of carbonyl (C=O) groups excluding carboxylic acids is 3. The number of aromatic nitrogens is 1. The number of rotatable bonds is 8. The van der Waals surface area contributed by atoms with Crippen molar-refractivity contribution in [3.63, 3.8) is 0 Å². The van der Waals surface area contributed by atoms with Gasteiger partial charge in [-0.2, -0.15) is 4.31 Å². The molecule has 2 aliphatic heterocycles. The fourth-order valence-corrected chi connectivity index (χ4v) is 5.27. The highest BCUT2D eigenvalue weighted by atomic mass is 32.2. The Morgan fingerprint density at radius 2 is 1.58 bits per heavy atom. The van der Waals surface area contributed by atoms with Gasteiger partial charge in [-0.1, -0.05) is 18.2 Å². The molecule has 0 spiro atoms. The van der Waals surface area contributed by atoms with Gasteiger partial charge in [0, 0.05) is 51.9 Å². The van der Waals surface area contributed by atoms with Gasteiger partial charge < -0.3 is 10.2 Å². The molecular weight excluding hydrogens is 446 g/mol. The van der Waals surface area contributed by atoms with Crippen LogP contribution in [0.1, 0.15) is 27.1 Å². The molecule has 1 fully saturated rings. The summed E-state index contributed by atoms with van der Waals surface area (Å²) < 4.78 is 26.7. The van der Waals surface area contributed by atoms with Crippen LogP contribution in [0.15, 0.2) is 48.7 Å². The maximum absolute atomic E-state index is 12.6. The van der Waals surface area contributed by atoms with E-state index in [4.69, 9.17) is 0 Å². The Bertz CT molecular complexity index is 1110. The summed E-state index contributed by atoms with van der Waals surface area (Å²) in [5.74, 6) is -0.650. The summed E-state index contributed by atoms with van der Waals surface area (Å²) in [6.45, 7) is 1.70. The molecule has 0 radical (unpaired) electrons. The predicted molar refractivity (Wildman–Crippen MR) is 121 cm³/mol. The van der Waals surface area contributed by atoms with Crippen molar-refractivity contribution in [2.24, 2.45) is 0 Å². The van der Waals surface area contributed by atoms with Crippen LogP contribution >= 0.6 is 0 Å². The first kappa shape index (κ1) is 22.9. The minimum atomic E-state index is -3.52. The first-order valence-corrected chi connectivity index (χ1v) is 12.3. The van der Waals surface area contributed by atoms with Crippen LogP contribution in [-0.2, 0) is 14.8 Å². The number of hydrogen-bond donors (Lipinski definition) is 1. The molecule has 0 bridgehead atoms. The van der Waals surface area contributed by atoms with E-state index >= 15 is 0 Å². The second-order valence-corrected chi connectivity index (χ2v) is 9.89. The standard InChI is InChI=1S/C22H25N5O5S/c28-20(8-11-27-21(29)17-5-1-2-6-18(17)22(27)30)24-10-16-33(31,32)26-14-12-25(13-15-26)19-7-3-4-9-23-19/h1-7,9H,8,10-16H2,(H,24,28). The SMILES string of the molecule is O=C(CCN1C(=O)c2ccccc2C1=O)NCCS(=O)(=O)N1CCN(c2ccccn2)CC1. The van der Waals surface area contributed by atoms with E-state index in [1.54, 1.807) is 30.5 Å². The van der Waals surface area contributed by atoms with Crippen LogP contribution in [0.3, 0.4) is 0 Å². The lowest BCUT2D eigenvalue weighted by molar-refractivity contribution is -0.121. The van der Waals surface area contributed by atoms with Gasteiger partial charge in [0.25, 0.3) is 11.8 Å². The van der Waals surface area contributed by atoms with Crippen molar-refractivity contribution < 1.29 is 22.8 Å². The Kier molecular flexibility index (Phi) is 6.70. The lowest BCUT2D eigenvalue weighted by Crippen LogP contribution is -2.50. The zero-order valence-electron chi connectivity index (χ0n) is 18.0. The Morgan fingerprint density at radius 1 is 0.939 bits per heavy atom. The molecule has 0 atom stereocenters. The van der Waals surface area contributed by atoms with Crippen molar-refractivity contribution in [2.75, 3.05) is 49.9 Å². The number of nitrogens with one attached hydrogen (secondary N) is 1. The monoisotopic (exact) mass is 471 g/mol. The maximum atomic E-state index is 12.6. The van der Waals surface area contributed by atoms with Crippen molar-refractivity contribution in [1.29, 1.82) is 0 Å². The van der Waals surface area contributed by atoms with Crippen LogP contribution in [0.2, 0.25) is 0 Å². The average molecular weight is 472 g/mol. The molecule has 0 aliphatic carbocycles. The van der Waals surface area contributed by atoms with Crippen molar-refractivity contribution >= 4 is 33.6 Å². The number of anilines is 1. The minimum absolute atomic E-state index is 0.0380. The Morgan fingerprint density at radius 3 is 2.18 bits per heavy atom. The van der Waals surface area contributed by atoms with Gasteiger partial charge in [-0.15, -0.1) is 0 Å². The molecular formula is C22H25N5O5S. The summed E-state index contributed by atoms with van der Waals surface area (Å²) in [4.78, 5) is 44.2. The van der Waals surface area contributed by atoms with Gasteiger partial charge in [0.05, 0.1) is 16.9 Å². The molecule has 0 saturated carbocycles. The van der Waals surface area contributed by atoms with E-state index in [0.717, 1.165) is 10.7 Å². The number of piperazine rings is 1. The number of fused-ring (bicyclic) bond motifs is 1. The van der Waals surface area contributed by atoms with Gasteiger partial charge in [-0.05, 0) is 24.3 Å². The zero-order valence-corrected chi connectivity index (χ0v) is 18.8. The molecule has 2 aromatic rings. The highest BCUT2D eigenvalue weighted by Crippen LogP contribution is 2.22. The minimum Gasteiger partial charge on any atom is -0.355 e. The van der Waals surface area contributed by atoms with Crippen molar-refractivity contribution in [3.05, 3.63) is 59.8 Å². The van der Waals surface area contributed by atoms with Crippen molar-refractivity contribution in [2.45, 2.75) is 6.42 Å². The van der Waals surface area contributed by atoms with E-state index in [1.165, 1.54) is 4.31 Å². The van der Waals surface area contributed by atoms with Crippen LogP contribution in [0, 0.1) is 0 Å². The van der Waals surface area contributed by atoms with E-state index in [-0.39, 0.29) is 25.3 Å². The maximum Gasteiger partial charge on any atom is 0.261 e. The third kappa shape index (κ3) is 5.04. The summed E-state index contributed by atoms with van der Waals surface area (Å²) in [5.41, 5.74) is 0.661. The lowest BCUT2D eigenvalue weighted by atomic mass is 10.1. The molecule has 3 heterocycles. The summed E-state index contributed by atoms with van der Waals surface area (Å²) in [6.07, 6.45) is 1.61. The number of benzene rings is 1. The number of nitrogens with zero attached hydrogens (tertiary/aromatic N) is 4. The van der Waals surface area contributed by atoms with E-state index in [2.05, 4.69) is 10.3 Å². The molecule has 1 aromatic heterocycles. The number of sulfonamides is 1. The van der Waals surface area contributed by atoms with Crippen LogP contribution in [-0.4, -0.2) is 85.3 Å². The fraction of sp³-hybridized carbons (Fsp3) is 0.364. The van der Waals surface area contributed by atoms with Crippen LogP contribution < -0.4 is 10.2 Å². The number of hydrogen-bond acceptors (Lipinski definition) is 7. The summed E-state index contributed by atoms with van der Waals surface area (Å²) in [5, 5.41) is 2.57. The molecule has 1 saturated heterocycles. The largest absolute Gasteiger partial charge is 0.355 e. The molecule has 1 N–H and O–H groups in total. The molecule has 10 nitrogen and oxygen atoms in total. The molecule has 174 valence electrons. The highest BCUT2D eigenvalue weighted by Gasteiger charge is 2.35. The normalized spacial score (nSPS) is 16.7. The van der Waals surface area contributed by atoms with E-state index in [9.17, 15) is 22.8 Å². The van der Waals surface area contributed by atoms with E-state index in [0.29, 0.717) is 37.3 Å². The van der Waals surface area contributed by atoms with Crippen molar-refractivity contribution in [3.8, 4) is 0 Å². The smallest absolute Gasteiger partial charge is 0.261 e. The first-order chi connectivity index (χ1) is 15.9. The summed E-state index contributed by atoms with van der Waals surface area (Å²) >= 11 is 0. The Balaban J connectivity index is 1.20. The van der Waals surface area contributed by atoms with Crippen LogP contribution in [0.25, 0.3) is 0 Å². The molecule has 11 heteroatoms. The van der Waals surface area contributed by atoms with Gasteiger partial charge in [0.1, 0.15) is 5.82 Å². The molecule has 2 aliphatic rings. The number of pyridine rings is 1. The molecule has 33 heavy (non-hydrogen) atoms. The Hall–Kier alpha value is -3.31. The average Bonchev–Trinajstić information content (AvgIpc) is 3.08. The lowest BCUT2D eigenvalue weighted by Gasteiger charge is -2.34. The Labute approximate surface area is 192 Å². The van der Waals surface area contributed by atoms with Crippen molar-refractivity contribution in [1.82, 2.24) is 19.5 Å². The summed E-state index contributed by atoms with van der Waals surface area (Å²) in [7, 11) is -3.52. The molecule has 1 aromatic carbocycles. The third-order valence-electron chi connectivity index (χ3n) is 5.73. The van der Waals surface area contributed by atoms with E-state index < -0.39 is 27.7 Å². The quantitative estimate of drug-likeness (QED) is 0.551. The highest BCUT2D eigenvalue weighted by molar-refractivity contribution is 7.89. The van der Waals surface area contributed by atoms with Gasteiger partial charge >= 0.3 is 0 Å². The molecule has 4 rings (SSSR count). The van der Waals surface area contributed by atoms with E-state index in [1.807, 2.05) is 23.1 Å². The second-order valence-electron chi connectivity index (χ2n) is 7.80. The number of amides is 3. The van der Waals surface area contributed by atoms with Gasteiger partial charge in [0.15, 0.2) is 0 Å². The van der Waals surface area contributed by atoms with Gasteiger partial charge in [-0.3, -0.25) is 19.3 Å². The first-order valence-electron chi connectivity index (χ1n) is 10.7. The molecule has 3 amide bonds. The third-order valence-corrected chi connectivity index (χ3v) is 7.60. The predicted octanol–water partition coefficient (Wildman–Crippen LogP) is 0.336. The zero-order chi connectivity index (χ0) is 23.4. The summed E-state index contributed by atoms with van der Waals surface area (Å²) in [6, 6.07) is 12.1. The number of imide groups is 1. The second kappa shape index (κ2) is 9.67. The fourth-order valence-electron chi connectivity index (χ4n) is 3.93. The van der Waals surface area contributed by atoms with Crippen LogP contribution in [0.5, 0.6) is 0 Å². The van der Waals surface area contributed by atoms with Crippen LogP contribution in [0.4, 0.5) is 5.82 Å². The van der Waals surface area contributed by atoms with Gasteiger partial charge in [0.2, 0.25) is 15.9 Å². The topological polar surface area (TPSA) is 120 Å². The number of carbonyl (C=O) groups is 3.